The number of rotatable bonds is 9. The standard InChI is InChI=1S/C19H22N6O3S2/c1-14-6-8-17(9-7-14)30(27,28)22-18(10-11-29-2)19(26)21-15-4-3-5-16(12-15)25-13-20-23-24-25/h3-9,12-13,18,22H,10-11H2,1-2H3,(H,21,26)/t18-/m0/s1. The fourth-order valence-electron chi connectivity index (χ4n) is 2.69. The number of sulfonamides is 1. The van der Waals surface area contributed by atoms with Crippen molar-refractivity contribution in [1.29, 1.82) is 0 Å². The molecule has 0 unspecified atom stereocenters. The summed E-state index contributed by atoms with van der Waals surface area (Å²) >= 11 is 1.54. The summed E-state index contributed by atoms with van der Waals surface area (Å²) in [5.74, 6) is 0.188. The molecule has 0 aliphatic rings. The van der Waals surface area contributed by atoms with Gasteiger partial charge in [0.15, 0.2) is 0 Å². The lowest BCUT2D eigenvalue weighted by Gasteiger charge is -2.18. The van der Waals surface area contributed by atoms with Crippen LogP contribution < -0.4 is 10.0 Å². The van der Waals surface area contributed by atoms with E-state index in [0.717, 1.165) is 5.56 Å². The van der Waals surface area contributed by atoms with Gasteiger partial charge in [-0.25, -0.2) is 13.1 Å². The number of aryl methyl sites for hydroxylation is 1. The zero-order chi connectivity index (χ0) is 21.6. The molecule has 0 aliphatic heterocycles. The molecular weight excluding hydrogens is 424 g/mol. The molecule has 0 saturated heterocycles. The van der Waals surface area contributed by atoms with Crippen molar-refractivity contribution in [3.8, 4) is 5.69 Å². The Labute approximate surface area is 179 Å². The van der Waals surface area contributed by atoms with Crippen LogP contribution in [0.15, 0.2) is 59.8 Å². The smallest absolute Gasteiger partial charge is 0.242 e. The fourth-order valence-corrected chi connectivity index (χ4v) is 4.39. The predicted octanol–water partition coefficient (Wildman–Crippen LogP) is 2.01. The largest absolute Gasteiger partial charge is 0.325 e. The number of hydrogen-bond donors (Lipinski definition) is 2. The van der Waals surface area contributed by atoms with Crippen molar-refractivity contribution in [3.05, 3.63) is 60.4 Å². The summed E-state index contributed by atoms with van der Waals surface area (Å²) in [5.41, 5.74) is 2.13. The predicted molar refractivity (Wildman–Crippen MR) is 116 cm³/mol. The highest BCUT2D eigenvalue weighted by molar-refractivity contribution is 7.98. The summed E-state index contributed by atoms with van der Waals surface area (Å²) in [6.07, 6.45) is 3.70. The lowest BCUT2D eigenvalue weighted by Crippen LogP contribution is -2.44. The van der Waals surface area contributed by atoms with Crippen LogP contribution in [0.4, 0.5) is 5.69 Å². The van der Waals surface area contributed by atoms with E-state index in [-0.39, 0.29) is 4.90 Å². The molecule has 158 valence electrons. The molecule has 9 nitrogen and oxygen atoms in total. The van der Waals surface area contributed by atoms with Crippen molar-refractivity contribution in [3.63, 3.8) is 0 Å². The minimum atomic E-state index is -3.84. The summed E-state index contributed by atoms with van der Waals surface area (Å²) in [5, 5.41) is 13.8. The van der Waals surface area contributed by atoms with Crippen molar-refractivity contribution in [2.24, 2.45) is 0 Å². The number of nitrogens with zero attached hydrogens (tertiary/aromatic N) is 4. The van der Waals surface area contributed by atoms with Crippen LogP contribution in [0.25, 0.3) is 5.69 Å². The Morgan fingerprint density at radius 2 is 1.97 bits per heavy atom. The minimum absolute atomic E-state index is 0.121. The molecule has 1 atom stereocenters. The molecule has 3 rings (SSSR count). The average Bonchev–Trinajstić information content (AvgIpc) is 3.26. The Morgan fingerprint density at radius 1 is 1.20 bits per heavy atom. The van der Waals surface area contributed by atoms with E-state index in [2.05, 4.69) is 25.6 Å². The van der Waals surface area contributed by atoms with E-state index in [1.807, 2.05) is 13.2 Å². The van der Waals surface area contributed by atoms with Gasteiger partial charge < -0.3 is 5.32 Å². The lowest BCUT2D eigenvalue weighted by molar-refractivity contribution is -0.117. The van der Waals surface area contributed by atoms with Gasteiger partial charge in [-0.05, 0) is 66.1 Å². The van der Waals surface area contributed by atoms with Gasteiger partial charge in [0, 0.05) is 5.69 Å². The van der Waals surface area contributed by atoms with Crippen molar-refractivity contribution in [2.45, 2.75) is 24.3 Å². The highest BCUT2D eigenvalue weighted by atomic mass is 32.2. The van der Waals surface area contributed by atoms with Crippen molar-refractivity contribution < 1.29 is 13.2 Å². The van der Waals surface area contributed by atoms with E-state index >= 15 is 0 Å². The molecule has 0 fully saturated rings. The number of tetrazole rings is 1. The van der Waals surface area contributed by atoms with E-state index in [0.29, 0.717) is 23.5 Å². The minimum Gasteiger partial charge on any atom is -0.325 e. The fraction of sp³-hybridized carbons (Fsp3) is 0.263. The van der Waals surface area contributed by atoms with E-state index < -0.39 is 22.0 Å². The number of anilines is 1. The van der Waals surface area contributed by atoms with Crippen molar-refractivity contribution >= 4 is 33.4 Å². The van der Waals surface area contributed by atoms with Gasteiger partial charge in [-0.2, -0.15) is 16.5 Å². The zero-order valence-corrected chi connectivity index (χ0v) is 18.2. The van der Waals surface area contributed by atoms with Crippen LogP contribution in [-0.2, 0) is 14.8 Å². The maximum Gasteiger partial charge on any atom is 0.242 e. The molecule has 2 aromatic carbocycles. The van der Waals surface area contributed by atoms with Crippen LogP contribution >= 0.6 is 11.8 Å². The van der Waals surface area contributed by atoms with E-state index in [4.69, 9.17) is 0 Å². The first-order valence-electron chi connectivity index (χ1n) is 9.11. The molecule has 2 N–H and O–H groups in total. The monoisotopic (exact) mass is 446 g/mol. The Balaban J connectivity index is 1.77. The van der Waals surface area contributed by atoms with Gasteiger partial charge in [0.1, 0.15) is 12.4 Å². The quantitative estimate of drug-likeness (QED) is 0.516. The first kappa shape index (κ1) is 21.9. The summed E-state index contributed by atoms with van der Waals surface area (Å²) < 4.78 is 29.5. The second kappa shape index (κ2) is 9.83. The van der Waals surface area contributed by atoms with E-state index in [9.17, 15) is 13.2 Å². The third kappa shape index (κ3) is 5.65. The van der Waals surface area contributed by atoms with Crippen molar-refractivity contribution in [2.75, 3.05) is 17.3 Å². The third-order valence-corrected chi connectivity index (χ3v) is 6.41. The number of benzene rings is 2. The number of hydrogen-bond acceptors (Lipinski definition) is 7. The Morgan fingerprint density at radius 3 is 2.63 bits per heavy atom. The zero-order valence-electron chi connectivity index (χ0n) is 16.5. The topological polar surface area (TPSA) is 119 Å². The number of aromatic nitrogens is 4. The number of carbonyl (C=O) groups is 1. The number of amides is 1. The van der Waals surface area contributed by atoms with Gasteiger partial charge >= 0.3 is 0 Å². The van der Waals surface area contributed by atoms with Crippen LogP contribution in [0.3, 0.4) is 0 Å². The van der Waals surface area contributed by atoms with Crippen LogP contribution in [0, 0.1) is 6.92 Å². The molecule has 0 spiro atoms. The Hall–Kier alpha value is -2.76. The lowest BCUT2D eigenvalue weighted by atomic mass is 10.2. The molecule has 1 amide bonds. The Kier molecular flexibility index (Phi) is 7.19. The Bertz CT molecular complexity index is 1090. The van der Waals surface area contributed by atoms with Gasteiger partial charge in [0.25, 0.3) is 0 Å². The SMILES string of the molecule is CSCC[C@H](NS(=O)(=O)c1ccc(C)cc1)C(=O)Nc1cccc(-n2cnnn2)c1. The summed E-state index contributed by atoms with van der Waals surface area (Å²) in [4.78, 5) is 13.0. The van der Waals surface area contributed by atoms with Gasteiger partial charge in [-0.1, -0.05) is 23.8 Å². The van der Waals surface area contributed by atoms with Gasteiger partial charge in [-0.3, -0.25) is 4.79 Å². The number of nitrogens with one attached hydrogen (secondary N) is 2. The first-order valence-corrected chi connectivity index (χ1v) is 12.0. The average molecular weight is 447 g/mol. The molecule has 0 radical (unpaired) electrons. The molecule has 3 aromatic rings. The molecule has 0 aliphatic carbocycles. The molecule has 11 heteroatoms. The van der Waals surface area contributed by atoms with Gasteiger partial charge in [0.05, 0.1) is 10.6 Å². The third-order valence-electron chi connectivity index (χ3n) is 4.28. The summed E-state index contributed by atoms with van der Waals surface area (Å²) in [6, 6.07) is 12.5. The second-order valence-corrected chi connectivity index (χ2v) is 9.26. The summed E-state index contributed by atoms with van der Waals surface area (Å²) in [6.45, 7) is 1.88. The maximum absolute atomic E-state index is 12.9. The van der Waals surface area contributed by atoms with Crippen molar-refractivity contribution in [1.82, 2.24) is 24.9 Å². The van der Waals surface area contributed by atoms with E-state index in [1.165, 1.54) is 34.9 Å². The molecule has 30 heavy (non-hydrogen) atoms. The molecule has 1 aromatic heterocycles. The van der Waals surface area contributed by atoms with Crippen LogP contribution in [0.5, 0.6) is 0 Å². The van der Waals surface area contributed by atoms with Gasteiger partial charge in [0.2, 0.25) is 15.9 Å². The highest BCUT2D eigenvalue weighted by Crippen LogP contribution is 2.16. The highest BCUT2D eigenvalue weighted by Gasteiger charge is 2.25. The maximum atomic E-state index is 12.9. The summed E-state index contributed by atoms with van der Waals surface area (Å²) in [7, 11) is -3.84. The van der Waals surface area contributed by atoms with Crippen LogP contribution in [-0.4, -0.2) is 52.6 Å². The molecular formula is C19H22N6O3S2. The van der Waals surface area contributed by atoms with Gasteiger partial charge in [-0.15, -0.1) is 5.10 Å². The van der Waals surface area contributed by atoms with Crippen LogP contribution in [0.2, 0.25) is 0 Å². The molecule has 1 heterocycles. The first-order chi connectivity index (χ1) is 14.4. The number of thioether (sulfide) groups is 1. The molecule has 0 saturated carbocycles. The second-order valence-electron chi connectivity index (χ2n) is 6.56. The number of carbonyl (C=O) groups excluding carboxylic acids is 1. The van der Waals surface area contributed by atoms with E-state index in [1.54, 1.807) is 36.4 Å². The normalized spacial score (nSPS) is 12.5. The van der Waals surface area contributed by atoms with Crippen LogP contribution in [0.1, 0.15) is 12.0 Å². The molecule has 0 bridgehead atoms.